The van der Waals surface area contributed by atoms with Gasteiger partial charge in [0.2, 0.25) is 0 Å². The molecule has 4 rings (SSSR count). The number of nitrogens with two attached hydrogens (primary N) is 1. The van der Waals surface area contributed by atoms with Crippen LogP contribution in [-0.4, -0.2) is 22.9 Å². The van der Waals surface area contributed by atoms with Crippen molar-refractivity contribution in [3.8, 4) is 0 Å². The molecule has 0 atom stereocenters. The monoisotopic (exact) mass is 373 g/mol. The number of nitrogens with one attached hydrogen (secondary N) is 1. The lowest BCUT2D eigenvalue weighted by molar-refractivity contribution is 0.0696. The molecule has 1 aliphatic heterocycles. The van der Waals surface area contributed by atoms with Crippen molar-refractivity contribution in [2.75, 3.05) is 16.0 Å². The second-order valence-electron chi connectivity index (χ2n) is 6.31. The summed E-state index contributed by atoms with van der Waals surface area (Å²) in [6.07, 6.45) is 0. The maximum Gasteiger partial charge on any atom is 0.335 e. The van der Waals surface area contributed by atoms with Gasteiger partial charge < -0.3 is 16.2 Å². The van der Waals surface area contributed by atoms with E-state index < -0.39 is 17.8 Å². The van der Waals surface area contributed by atoms with Gasteiger partial charge in [0.25, 0.3) is 11.8 Å². The van der Waals surface area contributed by atoms with Gasteiger partial charge in [0.15, 0.2) is 0 Å². The van der Waals surface area contributed by atoms with E-state index in [2.05, 4.69) is 5.32 Å². The fourth-order valence-electron chi connectivity index (χ4n) is 3.04. The molecule has 0 fully saturated rings. The van der Waals surface area contributed by atoms with Crippen LogP contribution in [0, 0.1) is 0 Å². The molecule has 4 N–H and O–H groups in total. The molecule has 7 nitrogen and oxygen atoms in total. The van der Waals surface area contributed by atoms with Crippen molar-refractivity contribution < 1.29 is 19.5 Å². The van der Waals surface area contributed by atoms with Crippen molar-refractivity contribution in [3.63, 3.8) is 0 Å². The Hall–Kier alpha value is -4.13. The Morgan fingerprint density at radius 2 is 1.39 bits per heavy atom. The number of hydrogen-bond acceptors (Lipinski definition) is 5. The first-order valence-corrected chi connectivity index (χ1v) is 8.43. The lowest BCUT2D eigenvalue weighted by Crippen LogP contribution is -2.29. The number of carbonyl (C=O) groups is 3. The molecule has 2 amide bonds. The number of benzene rings is 3. The summed E-state index contributed by atoms with van der Waals surface area (Å²) in [4.78, 5) is 37.5. The number of nitrogens with zero attached hydrogens (tertiary/aromatic N) is 1. The first-order valence-electron chi connectivity index (χ1n) is 8.43. The quantitative estimate of drug-likeness (QED) is 0.476. The number of rotatable bonds is 4. The van der Waals surface area contributed by atoms with Gasteiger partial charge >= 0.3 is 5.97 Å². The SMILES string of the molecule is Nc1ccc(Nc2ccc(N3C(=O)c4ccc(C(=O)O)cc4C3=O)cc2)cc1. The minimum atomic E-state index is -1.15. The maximum absolute atomic E-state index is 12.7. The summed E-state index contributed by atoms with van der Waals surface area (Å²) in [7, 11) is 0. The molecular formula is C21H15N3O4. The van der Waals surface area contributed by atoms with E-state index in [0.29, 0.717) is 11.4 Å². The molecular weight excluding hydrogens is 358 g/mol. The average Bonchev–Trinajstić information content (AvgIpc) is 2.94. The average molecular weight is 373 g/mol. The molecule has 0 saturated carbocycles. The highest BCUT2D eigenvalue weighted by Crippen LogP contribution is 2.30. The van der Waals surface area contributed by atoms with E-state index in [4.69, 9.17) is 10.8 Å². The number of carboxylic acid groups (broad SMARTS) is 1. The van der Waals surface area contributed by atoms with Crippen molar-refractivity contribution >= 4 is 40.5 Å². The zero-order chi connectivity index (χ0) is 19.8. The highest BCUT2D eigenvalue weighted by molar-refractivity contribution is 6.34. The summed E-state index contributed by atoms with van der Waals surface area (Å²) >= 11 is 0. The van der Waals surface area contributed by atoms with Crippen LogP contribution < -0.4 is 16.0 Å². The Labute approximate surface area is 160 Å². The second-order valence-corrected chi connectivity index (χ2v) is 6.31. The zero-order valence-electron chi connectivity index (χ0n) is 14.5. The molecule has 1 heterocycles. The van der Waals surface area contributed by atoms with Crippen molar-refractivity contribution in [2.24, 2.45) is 0 Å². The Kier molecular flexibility index (Phi) is 4.04. The first kappa shape index (κ1) is 17.3. The largest absolute Gasteiger partial charge is 0.478 e. The number of fused-ring (bicyclic) bond motifs is 1. The van der Waals surface area contributed by atoms with Crippen LogP contribution >= 0.6 is 0 Å². The van der Waals surface area contributed by atoms with Crippen molar-refractivity contribution in [2.45, 2.75) is 0 Å². The van der Waals surface area contributed by atoms with E-state index >= 15 is 0 Å². The van der Waals surface area contributed by atoms with E-state index in [9.17, 15) is 14.4 Å². The van der Waals surface area contributed by atoms with Gasteiger partial charge in [0.1, 0.15) is 0 Å². The number of hydrogen-bond donors (Lipinski definition) is 3. The van der Waals surface area contributed by atoms with E-state index in [1.807, 2.05) is 12.1 Å². The number of nitrogen functional groups attached to an aromatic ring is 1. The lowest BCUT2D eigenvalue weighted by Gasteiger charge is -2.15. The minimum Gasteiger partial charge on any atom is -0.478 e. The third-order valence-corrected chi connectivity index (χ3v) is 4.46. The molecule has 0 unspecified atom stereocenters. The predicted octanol–water partition coefficient (Wildman–Crippen LogP) is 3.51. The zero-order valence-corrected chi connectivity index (χ0v) is 14.5. The standard InChI is InChI=1S/C21H15N3O4/c22-13-2-4-14(5-3-13)23-15-6-8-16(9-7-15)24-19(25)17-10-1-12(21(27)28)11-18(17)20(24)26/h1-11,23H,22H2,(H,27,28). The van der Waals surface area contributed by atoms with Crippen molar-refractivity contribution in [3.05, 3.63) is 83.4 Å². The summed E-state index contributed by atoms with van der Waals surface area (Å²) in [6, 6.07) is 18.0. The Morgan fingerprint density at radius 1 is 0.821 bits per heavy atom. The Balaban J connectivity index is 1.59. The van der Waals surface area contributed by atoms with Crippen LogP contribution in [0.25, 0.3) is 0 Å². The topological polar surface area (TPSA) is 113 Å². The lowest BCUT2D eigenvalue weighted by atomic mass is 10.1. The third-order valence-electron chi connectivity index (χ3n) is 4.46. The van der Waals surface area contributed by atoms with Gasteiger partial charge in [-0.25, -0.2) is 9.69 Å². The molecule has 0 saturated heterocycles. The summed E-state index contributed by atoms with van der Waals surface area (Å²) < 4.78 is 0. The van der Waals surface area contributed by atoms with E-state index in [1.54, 1.807) is 36.4 Å². The molecule has 0 bridgehead atoms. The van der Waals surface area contributed by atoms with Gasteiger partial charge in [-0.2, -0.15) is 0 Å². The van der Waals surface area contributed by atoms with Crippen LogP contribution in [0.2, 0.25) is 0 Å². The van der Waals surface area contributed by atoms with Gasteiger partial charge in [-0.15, -0.1) is 0 Å². The van der Waals surface area contributed by atoms with Crippen LogP contribution in [0.3, 0.4) is 0 Å². The van der Waals surface area contributed by atoms with E-state index in [0.717, 1.165) is 16.3 Å². The summed E-state index contributed by atoms with van der Waals surface area (Å²) in [5.41, 5.74) is 8.62. The van der Waals surface area contributed by atoms with Crippen molar-refractivity contribution in [1.82, 2.24) is 0 Å². The number of anilines is 4. The molecule has 3 aromatic carbocycles. The van der Waals surface area contributed by atoms with Gasteiger partial charge in [-0.3, -0.25) is 9.59 Å². The Morgan fingerprint density at radius 3 is 2.00 bits per heavy atom. The third kappa shape index (κ3) is 2.95. The number of carboxylic acids is 1. The fraction of sp³-hybridized carbons (Fsp3) is 0. The fourth-order valence-corrected chi connectivity index (χ4v) is 3.04. The Bertz CT molecular complexity index is 1110. The molecule has 7 heteroatoms. The summed E-state index contributed by atoms with van der Waals surface area (Å²) in [5, 5.41) is 12.3. The van der Waals surface area contributed by atoms with E-state index in [-0.39, 0.29) is 16.7 Å². The van der Waals surface area contributed by atoms with Gasteiger partial charge in [0, 0.05) is 17.1 Å². The summed E-state index contributed by atoms with van der Waals surface area (Å²) in [6.45, 7) is 0. The van der Waals surface area contributed by atoms with Crippen LogP contribution in [0.5, 0.6) is 0 Å². The molecule has 28 heavy (non-hydrogen) atoms. The van der Waals surface area contributed by atoms with Crippen LogP contribution in [0.15, 0.2) is 66.7 Å². The minimum absolute atomic E-state index is 0.0372. The molecule has 0 spiro atoms. The molecule has 0 aliphatic carbocycles. The van der Waals surface area contributed by atoms with Gasteiger partial charge in [0.05, 0.1) is 22.4 Å². The highest BCUT2D eigenvalue weighted by Gasteiger charge is 2.37. The van der Waals surface area contributed by atoms with Gasteiger partial charge in [-0.05, 0) is 66.7 Å². The van der Waals surface area contributed by atoms with Crippen molar-refractivity contribution in [1.29, 1.82) is 0 Å². The predicted molar refractivity (Wildman–Crippen MR) is 105 cm³/mol. The van der Waals surface area contributed by atoms with Gasteiger partial charge in [-0.1, -0.05) is 0 Å². The van der Waals surface area contributed by atoms with Crippen LogP contribution in [0.4, 0.5) is 22.7 Å². The number of amides is 2. The number of carbonyl (C=O) groups excluding carboxylic acids is 2. The maximum atomic E-state index is 12.7. The molecule has 1 aliphatic rings. The van der Waals surface area contributed by atoms with E-state index in [1.165, 1.54) is 18.2 Å². The molecule has 3 aromatic rings. The first-order chi connectivity index (χ1) is 13.4. The number of imide groups is 1. The van der Waals surface area contributed by atoms with Crippen LogP contribution in [0.1, 0.15) is 31.1 Å². The second kappa shape index (κ2) is 6.55. The number of aromatic carboxylic acids is 1. The highest BCUT2D eigenvalue weighted by atomic mass is 16.4. The summed E-state index contributed by atoms with van der Waals surface area (Å²) in [5.74, 6) is -2.17. The normalized spacial score (nSPS) is 12.8. The molecule has 138 valence electrons. The smallest absolute Gasteiger partial charge is 0.335 e. The van der Waals surface area contributed by atoms with Crippen LogP contribution in [-0.2, 0) is 0 Å². The molecule has 0 aromatic heterocycles. The molecule has 0 radical (unpaired) electrons.